The highest BCUT2D eigenvalue weighted by atomic mass is 15.2. The van der Waals surface area contributed by atoms with Crippen LogP contribution in [0.2, 0.25) is 0 Å². The van der Waals surface area contributed by atoms with Gasteiger partial charge in [0.15, 0.2) is 0 Å². The largest absolute Gasteiger partial charge is 0.366 e. The zero-order chi connectivity index (χ0) is 12.3. The molecule has 0 bridgehead atoms. The van der Waals surface area contributed by atoms with Crippen LogP contribution >= 0.6 is 0 Å². The van der Waals surface area contributed by atoms with Crippen LogP contribution in [-0.2, 0) is 0 Å². The number of hydrogen-bond acceptors (Lipinski definition) is 2. The predicted molar refractivity (Wildman–Crippen MR) is 74.3 cm³/mol. The summed E-state index contributed by atoms with van der Waals surface area (Å²) in [6.45, 7) is 6.68. The van der Waals surface area contributed by atoms with E-state index in [1.165, 1.54) is 24.9 Å². The molecule has 1 aromatic carbocycles. The average molecular weight is 232 g/mol. The summed E-state index contributed by atoms with van der Waals surface area (Å²) in [7, 11) is 0. The lowest BCUT2D eigenvalue weighted by Gasteiger charge is -2.47. The third-order valence-corrected chi connectivity index (χ3v) is 3.92. The summed E-state index contributed by atoms with van der Waals surface area (Å²) in [6.07, 6.45) is 3.70. The standard InChI is InChI=1S/C15H24N2/c1-15(2)12-13(8-10-16)9-11-17(15)14-6-4-3-5-7-14/h3-7,13H,8-12,16H2,1-2H3. The molecule has 1 saturated heterocycles. The molecule has 1 aromatic rings. The Bertz CT molecular complexity index is 345. The van der Waals surface area contributed by atoms with Crippen molar-refractivity contribution in [1.82, 2.24) is 0 Å². The molecule has 2 rings (SSSR count). The summed E-state index contributed by atoms with van der Waals surface area (Å²) in [4.78, 5) is 2.54. The van der Waals surface area contributed by atoms with Crippen LogP contribution < -0.4 is 10.6 Å². The molecule has 17 heavy (non-hydrogen) atoms. The van der Waals surface area contributed by atoms with E-state index in [0.29, 0.717) is 0 Å². The number of para-hydroxylation sites is 1. The minimum atomic E-state index is 0.249. The van der Waals surface area contributed by atoms with Crippen molar-refractivity contribution in [2.75, 3.05) is 18.0 Å². The van der Waals surface area contributed by atoms with E-state index in [0.717, 1.165) is 19.0 Å². The van der Waals surface area contributed by atoms with E-state index >= 15 is 0 Å². The third-order valence-electron chi connectivity index (χ3n) is 3.92. The van der Waals surface area contributed by atoms with E-state index in [9.17, 15) is 0 Å². The number of nitrogens with zero attached hydrogens (tertiary/aromatic N) is 1. The minimum Gasteiger partial charge on any atom is -0.366 e. The predicted octanol–water partition coefficient (Wildman–Crippen LogP) is 3.03. The first-order valence-corrected chi connectivity index (χ1v) is 6.66. The molecule has 1 aliphatic heterocycles. The van der Waals surface area contributed by atoms with Crippen LogP contribution in [0.15, 0.2) is 30.3 Å². The number of hydrogen-bond donors (Lipinski definition) is 1. The maximum atomic E-state index is 5.68. The van der Waals surface area contributed by atoms with Crippen molar-refractivity contribution in [1.29, 1.82) is 0 Å². The molecule has 2 nitrogen and oxygen atoms in total. The minimum absolute atomic E-state index is 0.249. The average Bonchev–Trinajstić information content (AvgIpc) is 2.29. The fourth-order valence-electron chi connectivity index (χ4n) is 3.10. The highest BCUT2D eigenvalue weighted by Crippen LogP contribution is 2.36. The first-order chi connectivity index (χ1) is 8.13. The van der Waals surface area contributed by atoms with Gasteiger partial charge < -0.3 is 10.6 Å². The lowest BCUT2D eigenvalue weighted by molar-refractivity contribution is 0.264. The summed E-state index contributed by atoms with van der Waals surface area (Å²) in [5, 5.41) is 0. The van der Waals surface area contributed by atoms with Crippen molar-refractivity contribution < 1.29 is 0 Å². The van der Waals surface area contributed by atoms with Gasteiger partial charge in [0.05, 0.1) is 0 Å². The second-order valence-corrected chi connectivity index (χ2v) is 5.74. The van der Waals surface area contributed by atoms with Gasteiger partial charge in [-0.15, -0.1) is 0 Å². The number of nitrogens with two attached hydrogens (primary N) is 1. The maximum absolute atomic E-state index is 5.68. The number of rotatable bonds is 3. The summed E-state index contributed by atoms with van der Waals surface area (Å²) in [5.41, 5.74) is 7.28. The Labute approximate surface area is 105 Å². The van der Waals surface area contributed by atoms with E-state index in [4.69, 9.17) is 5.73 Å². The smallest absolute Gasteiger partial charge is 0.0370 e. The summed E-state index contributed by atoms with van der Waals surface area (Å²) >= 11 is 0. The van der Waals surface area contributed by atoms with Gasteiger partial charge in [0.25, 0.3) is 0 Å². The molecule has 94 valence electrons. The van der Waals surface area contributed by atoms with E-state index in [1.54, 1.807) is 0 Å². The van der Waals surface area contributed by atoms with E-state index in [-0.39, 0.29) is 5.54 Å². The highest BCUT2D eigenvalue weighted by molar-refractivity contribution is 5.49. The first kappa shape index (κ1) is 12.4. The molecular formula is C15H24N2. The van der Waals surface area contributed by atoms with Gasteiger partial charge in [0.2, 0.25) is 0 Å². The lowest BCUT2D eigenvalue weighted by atomic mass is 9.80. The van der Waals surface area contributed by atoms with Crippen LogP contribution in [0.1, 0.15) is 33.1 Å². The zero-order valence-corrected chi connectivity index (χ0v) is 11.0. The first-order valence-electron chi connectivity index (χ1n) is 6.66. The Hall–Kier alpha value is -1.02. The second kappa shape index (κ2) is 5.09. The molecular weight excluding hydrogens is 208 g/mol. The quantitative estimate of drug-likeness (QED) is 0.868. The second-order valence-electron chi connectivity index (χ2n) is 5.74. The summed E-state index contributed by atoms with van der Waals surface area (Å²) in [5.74, 6) is 0.801. The Kier molecular flexibility index (Phi) is 3.72. The molecule has 1 fully saturated rings. The third kappa shape index (κ3) is 2.81. The molecule has 0 amide bonds. The summed E-state index contributed by atoms with van der Waals surface area (Å²) < 4.78 is 0. The van der Waals surface area contributed by atoms with Gasteiger partial charge in [-0.05, 0) is 57.7 Å². The summed E-state index contributed by atoms with van der Waals surface area (Å²) in [6, 6.07) is 10.8. The Morgan fingerprint density at radius 1 is 1.29 bits per heavy atom. The maximum Gasteiger partial charge on any atom is 0.0370 e. The number of piperidine rings is 1. The fourth-order valence-corrected chi connectivity index (χ4v) is 3.10. The van der Waals surface area contributed by atoms with Crippen molar-refractivity contribution >= 4 is 5.69 Å². The molecule has 1 atom stereocenters. The van der Waals surface area contributed by atoms with Crippen molar-refractivity contribution in [3.63, 3.8) is 0 Å². The van der Waals surface area contributed by atoms with Crippen molar-refractivity contribution in [2.45, 2.75) is 38.6 Å². The number of anilines is 1. The molecule has 1 aliphatic rings. The SMILES string of the molecule is CC1(C)CC(CCN)CCN1c1ccccc1. The monoisotopic (exact) mass is 232 g/mol. The number of benzene rings is 1. The van der Waals surface area contributed by atoms with Gasteiger partial charge in [-0.25, -0.2) is 0 Å². The molecule has 2 N–H and O–H groups in total. The molecule has 0 aromatic heterocycles. The van der Waals surface area contributed by atoms with Crippen molar-refractivity contribution in [3.8, 4) is 0 Å². The van der Waals surface area contributed by atoms with Crippen molar-refractivity contribution in [3.05, 3.63) is 30.3 Å². The molecule has 2 heteroatoms. The fraction of sp³-hybridized carbons (Fsp3) is 0.600. The molecule has 0 radical (unpaired) electrons. The van der Waals surface area contributed by atoms with Crippen LogP contribution in [0, 0.1) is 5.92 Å². The molecule has 0 saturated carbocycles. The normalized spacial score (nSPS) is 23.7. The Balaban J connectivity index is 2.11. The molecule has 1 unspecified atom stereocenters. The van der Waals surface area contributed by atoms with Crippen LogP contribution in [0.25, 0.3) is 0 Å². The van der Waals surface area contributed by atoms with E-state index in [2.05, 4.69) is 49.1 Å². The van der Waals surface area contributed by atoms with Crippen LogP contribution in [0.4, 0.5) is 5.69 Å². The van der Waals surface area contributed by atoms with Gasteiger partial charge in [-0.3, -0.25) is 0 Å². The van der Waals surface area contributed by atoms with Crippen LogP contribution in [-0.4, -0.2) is 18.6 Å². The molecule has 0 aliphatic carbocycles. The van der Waals surface area contributed by atoms with Gasteiger partial charge in [-0.2, -0.15) is 0 Å². The van der Waals surface area contributed by atoms with Crippen molar-refractivity contribution in [2.24, 2.45) is 11.7 Å². The highest BCUT2D eigenvalue weighted by Gasteiger charge is 2.34. The molecule has 0 spiro atoms. The Morgan fingerprint density at radius 3 is 2.59 bits per heavy atom. The van der Waals surface area contributed by atoms with Gasteiger partial charge in [0, 0.05) is 17.8 Å². The van der Waals surface area contributed by atoms with Crippen LogP contribution in [0.3, 0.4) is 0 Å². The van der Waals surface area contributed by atoms with Gasteiger partial charge in [0.1, 0.15) is 0 Å². The zero-order valence-electron chi connectivity index (χ0n) is 11.0. The van der Waals surface area contributed by atoms with Gasteiger partial charge in [-0.1, -0.05) is 18.2 Å². The van der Waals surface area contributed by atoms with Crippen LogP contribution in [0.5, 0.6) is 0 Å². The lowest BCUT2D eigenvalue weighted by Crippen LogP contribution is -2.50. The Morgan fingerprint density at radius 2 is 2.00 bits per heavy atom. The van der Waals surface area contributed by atoms with Gasteiger partial charge >= 0.3 is 0 Å². The topological polar surface area (TPSA) is 29.3 Å². The van der Waals surface area contributed by atoms with E-state index < -0.39 is 0 Å². The van der Waals surface area contributed by atoms with E-state index in [1.807, 2.05) is 0 Å². The molecule has 1 heterocycles.